The molecule has 0 saturated carbocycles. The summed E-state index contributed by atoms with van der Waals surface area (Å²) in [4.78, 5) is 12.7. The summed E-state index contributed by atoms with van der Waals surface area (Å²) in [5, 5.41) is 10.9. The van der Waals surface area contributed by atoms with Gasteiger partial charge in [0.15, 0.2) is 5.82 Å². The molecular formula is C17H25N7O2. The molecule has 9 heteroatoms. The minimum Gasteiger partial charge on any atom is -0.385 e. The molecular weight excluding hydrogens is 334 g/mol. The van der Waals surface area contributed by atoms with E-state index in [0.717, 1.165) is 18.5 Å². The quantitative estimate of drug-likeness (QED) is 0.468. The molecule has 5 N–H and O–H groups in total. The van der Waals surface area contributed by atoms with Crippen LogP contribution in [0.3, 0.4) is 0 Å². The summed E-state index contributed by atoms with van der Waals surface area (Å²) in [6, 6.07) is 9.32. The van der Waals surface area contributed by atoms with Gasteiger partial charge in [0, 0.05) is 26.2 Å². The van der Waals surface area contributed by atoms with E-state index in [0.29, 0.717) is 19.0 Å². The van der Waals surface area contributed by atoms with Gasteiger partial charge in [0.05, 0.1) is 12.7 Å². The van der Waals surface area contributed by atoms with Crippen LogP contribution >= 0.6 is 0 Å². The Hall–Kier alpha value is -2.33. The lowest BCUT2D eigenvalue weighted by molar-refractivity contribution is -0.123. The number of nitrogens with zero attached hydrogens (tertiary/aromatic N) is 3. The lowest BCUT2D eigenvalue weighted by Gasteiger charge is -2.20. The van der Waals surface area contributed by atoms with Crippen molar-refractivity contribution in [3.8, 4) is 0 Å². The maximum absolute atomic E-state index is 12.7. The number of hydrogen-bond acceptors (Lipinski definition) is 7. The summed E-state index contributed by atoms with van der Waals surface area (Å²) in [7, 11) is 1.67. The number of aromatic nitrogens is 3. The monoisotopic (exact) mass is 359 g/mol. The van der Waals surface area contributed by atoms with Crippen molar-refractivity contribution >= 4 is 5.91 Å². The standard InChI is InChI=1S/C17H25N7O2/c1-26-9-5-8-24-11-20-21-13(24)10-19-17(25)15-14(16(18)23-22-15)12-6-3-2-4-7-12/h2-4,6-7,11,14-16,22-23H,5,8-10,18H2,1H3,(H,19,25). The molecule has 0 aliphatic carbocycles. The molecule has 3 rings (SSSR count). The van der Waals surface area contributed by atoms with Crippen LogP contribution in [0.15, 0.2) is 36.7 Å². The van der Waals surface area contributed by atoms with E-state index in [1.54, 1.807) is 13.4 Å². The van der Waals surface area contributed by atoms with Gasteiger partial charge in [-0.25, -0.2) is 10.9 Å². The van der Waals surface area contributed by atoms with Crippen molar-refractivity contribution in [1.29, 1.82) is 0 Å². The van der Waals surface area contributed by atoms with Gasteiger partial charge in [0.25, 0.3) is 0 Å². The highest BCUT2D eigenvalue weighted by Crippen LogP contribution is 2.25. The highest BCUT2D eigenvalue weighted by molar-refractivity contribution is 5.83. The van der Waals surface area contributed by atoms with Crippen LogP contribution in [0.1, 0.15) is 23.7 Å². The van der Waals surface area contributed by atoms with Gasteiger partial charge >= 0.3 is 0 Å². The average Bonchev–Trinajstić information content (AvgIpc) is 3.27. The summed E-state index contributed by atoms with van der Waals surface area (Å²) in [6.07, 6.45) is 2.18. The molecule has 1 aromatic heterocycles. The summed E-state index contributed by atoms with van der Waals surface area (Å²) in [5.74, 6) is 0.419. The van der Waals surface area contributed by atoms with E-state index in [2.05, 4.69) is 26.4 Å². The first-order valence-corrected chi connectivity index (χ1v) is 8.65. The molecule has 2 heterocycles. The van der Waals surface area contributed by atoms with Crippen molar-refractivity contribution in [2.24, 2.45) is 5.73 Å². The SMILES string of the molecule is COCCCn1cnnc1CNC(=O)C1NNC(N)C1c1ccccc1. The van der Waals surface area contributed by atoms with Crippen LogP contribution in [-0.2, 0) is 22.6 Å². The Morgan fingerprint density at radius 3 is 2.92 bits per heavy atom. The fourth-order valence-corrected chi connectivity index (χ4v) is 3.13. The van der Waals surface area contributed by atoms with E-state index in [9.17, 15) is 4.79 Å². The average molecular weight is 359 g/mol. The number of nitrogens with one attached hydrogen (secondary N) is 3. The van der Waals surface area contributed by atoms with Gasteiger partial charge in [0.1, 0.15) is 12.4 Å². The van der Waals surface area contributed by atoms with Crippen molar-refractivity contribution in [3.63, 3.8) is 0 Å². The van der Waals surface area contributed by atoms with Crippen molar-refractivity contribution in [1.82, 2.24) is 30.9 Å². The lowest BCUT2D eigenvalue weighted by atomic mass is 9.90. The molecule has 0 radical (unpaired) electrons. The molecule has 1 aliphatic rings. The molecule has 9 nitrogen and oxygen atoms in total. The highest BCUT2D eigenvalue weighted by atomic mass is 16.5. The predicted molar refractivity (Wildman–Crippen MR) is 95.6 cm³/mol. The van der Waals surface area contributed by atoms with Crippen LogP contribution in [0.2, 0.25) is 0 Å². The number of carbonyl (C=O) groups is 1. The molecule has 0 spiro atoms. The van der Waals surface area contributed by atoms with Gasteiger partial charge in [-0.3, -0.25) is 4.79 Å². The first kappa shape index (κ1) is 18.5. The Morgan fingerprint density at radius 2 is 2.15 bits per heavy atom. The molecule has 1 aromatic carbocycles. The van der Waals surface area contributed by atoms with Crippen molar-refractivity contribution < 1.29 is 9.53 Å². The molecule has 1 fully saturated rings. The van der Waals surface area contributed by atoms with Gasteiger partial charge in [-0.15, -0.1) is 10.2 Å². The Morgan fingerprint density at radius 1 is 1.35 bits per heavy atom. The number of aryl methyl sites for hydroxylation is 1. The first-order valence-electron chi connectivity index (χ1n) is 8.65. The molecule has 26 heavy (non-hydrogen) atoms. The van der Waals surface area contributed by atoms with Crippen LogP contribution < -0.4 is 21.9 Å². The normalized spacial score (nSPS) is 22.5. The zero-order valence-electron chi connectivity index (χ0n) is 14.8. The summed E-state index contributed by atoms with van der Waals surface area (Å²) in [6.45, 7) is 1.71. The maximum Gasteiger partial charge on any atom is 0.239 e. The molecule has 1 aliphatic heterocycles. The Kier molecular flexibility index (Phi) is 6.29. The minimum absolute atomic E-state index is 0.134. The van der Waals surface area contributed by atoms with Gasteiger partial charge in [-0.2, -0.15) is 0 Å². The largest absolute Gasteiger partial charge is 0.385 e. The van der Waals surface area contributed by atoms with E-state index in [4.69, 9.17) is 10.5 Å². The summed E-state index contributed by atoms with van der Waals surface area (Å²) in [5.41, 5.74) is 13.1. The van der Waals surface area contributed by atoms with Crippen molar-refractivity contribution in [2.75, 3.05) is 13.7 Å². The maximum atomic E-state index is 12.7. The summed E-state index contributed by atoms with van der Waals surface area (Å²) < 4.78 is 6.98. The number of methoxy groups -OCH3 is 1. The molecule has 2 aromatic rings. The summed E-state index contributed by atoms with van der Waals surface area (Å²) >= 11 is 0. The van der Waals surface area contributed by atoms with Gasteiger partial charge in [-0.1, -0.05) is 30.3 Å². The predicted octanol–water partition coefficient (Wildman–Crippen LogP) is -0.524. The second-order valence-corrected chi connectivity index (χ2v) is 6.23. The fraction of sp³-hybridized carbons (Fsp3) is 0.471. The number of hydrogen-bond donors (Lipinski definition) is 4. The number of rotatable bonds is 8. The molecule has 140 valence electrons. The van der Waals surface area contributed by atoms with Gasteiger partial charge in [-0.05, 0) is 12.0 Å². The number of carbonyl (C=O) groups excluding carboxylic acids is 1. The van der Waals surface area contributed by atoms with Crippen LogP contribution in [0.4, 0.5) is 0 Å². The Labute approximate surface area is 152 Å². The van der Waals surface area contributed by atoms with Crippen molar-refractivity contribution in [3.05, 3.63) is 48.0 Å². The van der Waals surface area contributed by atoms with E-state index in [1.165, 1.54) is 0 Å². The molecule has 3 unspecified atom stereocenters. The second-order valence-electron chi connectivity index (χ2n) is 6.23. The minimum atomic E-state index is -0.461. The van der Waals surface area contributed by atoms with E-state index in [1.807, 2.05) is 34.9 Å². The number of nitrogens with two attached hydrogens (primary N) is 1. The Balaban J connectivity index is 1.60. The smallest absolute Gasteiger partial charge is 0.239 e. The van der Waals surface area contributed by atoms with Gasteiger partial charge < -0.3 is 20.4 Å². The van der Waals surface area contributed by atoms with E-state index >= 15 is 0 Å². The van der Waals surface area contributed by atoms with E-state index < -0.39 is 6.04 Å². The lowest BCUT2D eigenvalue weighted by Crippen LogP contribution is -2.45. The molecule has 3 atom stereocenters. The zero-order valence-corrected chi connectivity index (χ0v) is 14.8. The van der Waals surface area contributed by atoms with Crippen LogP contribution in [-0.4, -0.2) is 46.6 Å². The molecule has 0 bridgehead atoms. The van der Waals surface area contributed by atoms with Crippen LogP contribution in [0.5, 0.6) is 0 Å². The fourth-order valence-electron chi connectivity index (χ4n) is 3.13. The third kappa shape index (κ3) is 4.25. The molecule has 1 saturated heterocycles. The number of hydrazine groups is 1. The van der Waals surface area contributed by atoms with Gasteiger partial charge in [0.2, 0.25) is 5.91 Å². The topological polar surface area (TPSA) is 119 Å². The van der Waals surface area contributed by atoms with Crippen LogP contribution in [0.25, 0.3) is 0 Å². The highest BCUT2D eigenvalue weighted by Gasteiger charge is 2.39. The van der Waals surface area contributed by atoms with Crippen LogP contribution in [0, 0.1) is 0 Å². The molecule has 1 amide bonds. The zero-order chi connectivity index (χ0) is 18.4. The first-order chi connectivity index (χ1) is 12.7. The number of ether oxygens (including phenoxy) is 1. The Bertz CT molecular complexity index is 706. The number of benzene rings is 1. The second kappa shape index (κ2) is 8.86. The third-order valence-corrected chi connectivity index (χ3v) is 4.48. The third-order valence-electron chi connectivity index (χ3n) is 4.48. The van der Waals surface area contributed by atoms with E-state index in [-0.39, 0.29) is 18.0 Å². The van der Waals surface area contributed by atoms with Crippen molar-refractivity contribution in [2.45, 2.75) is 37.6 Å². The number of amides is 1.